The third-order valence-corrected chi connectivity index (χ3v) is 6.16. The predicted molar refractivity (Wildman–Crippen MR) is 110 cm³/mol. The van der Waals surface area contributed by atoms with Crippen molar-refractivity contribution >= 4 is 28.6 Å². The second-order valence-corrected chi connectivity index (χ2v) is 7.78. The van der Waals surface area contributed by atoms with Gasteiger partial charge in [0.25, 0.3) is 0 Å². The Balaban J connectivity index is 1.52. The average molecular weight is 351 g/mol. The van der Waals surface area contributed by atoms with E-state index in [4.69, 9.17) is 12.2 Å². The fourth-order valence-electron chi connectivity index (χ4n) is 4.46. The van der Waals surface area contributed by atoms with Gasteiger partial charge in [-0.3, -0.25) is 0 Å². The lowest BCUT2D eigenvalue weighted by Crippen LogP contribution is -2.42. The van der Waals surface area contributed by atoms with Gasteiger partial charge in [-0.2, -0.15) is 0 Å². The van der Waals surface area contributed by atoms with E-state index in [9.17, 15) is 0 Å². The molecule has 0 amide bonds. The zero-order valence-electron chi connectivity index (χ0n) is 14.7. The number of thiocarbonyl (C=S) groups is 1. The molecule has 2 nitrogen and oxygen atoms in total. The summed E-state index contributed by atoms with van der Waals surface area (Å²) in [6.07, 6.45) is 7.02. The van der Waals surface area contributed by atoms with Gasteiger partial charge in [-0.1, -0.05) is 73.9 Å². The Hall–Kier alpha value is -1.87. The van der Waals surface area contributed by atoms with Crippen molar-refractivity contribution in [3.05, 3.63) is 60.2 Å². The van der Waals surface area contributed by atoms with E-state index in [1.54, 1.807) is 0 Å². The SMILES string of the molecule is S=C(Nc1ccccc1N1CC[C@H]2CCCC[C@@H]2C1)c1ccccc1. The number of hydrogen-bond donors (Lipinski definition) is 1. The fourth-order valence-corrected chi connectivity index (χ4v) is 4.70. The zero-order valence-corrected chi connectivity index (χ0v) is 15.5. The van der Waals surface area contributed by atoms with Crippen molar-refractivity contribution in [3.8, 4) is 0 Å². The van der Waals surface area contributed by atoms with E-state index in [1.165, 1.54) is 44.3 Å². The molecule has 1 N–H and O–H groups in total. The van der Waals surface area contributed by atoms with Crippen LogP contribution in [-0.2, 0) is 0 Å². The summed E-state index contributed by atoms with van der Waals surface area (Å²) in [7, 11) is 0. The first-order valence-corrected chi connectivity index (χ1v) is 9.92. The van der Waals surface area contributed by atoms with Gasteiger partial charge in [0.2, 0.25) is 0 Å². The second kappa shape index (κ2) is 7.57. The molecular formula is C22H26N2S. The Morgan fingerprint density at radius 3 is 2.44 bits per heavy atom. The molecule has 2 aromatic carbocycles. The highest BCUT2D eigenvalue weighted by Gasteiger charge is 2.31. The molecule has 2 aromatic rings. The molecule has 130 valence electrons. The maximum atomic E-state index is 5.63. The fraction of sp³-hybridized carbons (Fsp3) is 0.409. The quantitative estimate of drug-likeness (QED) is 0.737. The molecule has 3 heteroatoms. The number of para-hydroxylation sites is 2. The van der Waals surface area contributed by atoms with Crippen molar-refractivity contribution in [2.75, 3.05) is 23.3 Å². The number of fused-ring (bicyclic) bond motifs is 1. The molecule has 1 aliphatic heterocycles. The van der Waals surface area contributed by atoms with Crippen LogP contribution in [-0.4, -0.2) is 18.1 Å². The van der Waals surface area contributed by atoms with Gasteiger partial charge < -0.3 is 10.2 Å². The van der Waals surface area contributed by atoms with Crippen molar-refractivity contribution in [1.82, 2.24) is 0 Å². The topological polar surface area (TPSA) is 15.3 Å². The van der Waals surface area contributed by atoms with Crippen molar-refractivity contribution in [2.24, 2.45) is 11.8 Å². The molecule has 25 heavy (non-hydrogen) atoms. The first-order valence-electron chi connectivity index (χ1n) is 9.51. The molecule has 0 unspecified atom stereocenters. The monoisotopic (exact) mass is 350 g/mol. The number of piperidine rings is 1. The molecule has 1 aliphatic carbocycles. The van der Waals surface area contributed by atoms with Crippen LogP contribution in [0.25, 0.3) is 0 Å². The van der Waals surface area contributed by atoms with Crippen LogP contribution in [0.2, 0.25) is 0 Å². The third-order valence-electron chi connectivity index (χ3n) is 5.82. The van der Waals surface area contributed by atoms with E-state index in [2.05, 4.69) is 46.6 Å². The smallest absolute Gasteiger partial charge is 0.111 e. The lowest BCUT2D eigenvalue weighted by Gasteiger charge is -2.42. The summed E-state index contributed by atoms with van der Waals surface area (Å²) in [6.45, 7) is 2.36. The lowest BCUT2D eigenvalue weighted by atomic mass is 9.75. The molecule has 1 saturated carbocycles. The summed E-state index contributed by atoms with van der Waals surface area (Å²) in [5.74, 6) is 1.83. The van der Waals surface area contributed by atoms with E-state index in [1.807, 2.05) is 18.2 Å². The molecule has 0 bridgehead atoms. The van der Waals surface area contributed by atoms with Crippen LogP contribution in [0, 0.1) is 11.8 Å². The normalized spacial score (nSPS) is 23.0. The molecule has 1 heterocycles. The lowest BCUT2D eigenvalue weighted by molar-refractivity contribution is 0.202. The number of nitrogens with one attached hydrogen (secondary N) is 1. The van der Waals surface area contributed by atoms with E-state index >= 15 is 0 Å². The predicted octanol–water partition coefficient (Wildman–Crippen LogP) is 5.49. The Morgan fingerprint density at radius 1 is 0.880 bits per heavy atom. The van der Waals surface area contributed by atoms with E-state index < -0.39 is 0 Å². The Labute approximate surface area is 156 Å². The summed E-state index contributed by atoms with van der Waals surface area (Å²) in [6, 6.07) is 18.8. The van der Waals surface area contributed by atoms with Crippen LogP contribution < -0.4 is 10.2 Å². The summed E-state index contributed by atoms with van der Waals surface area (Å²) in [4.78, 5) is 3.36. The first kappa shape index (κ1) is 16.6. The average Bonchev–Trinajstić information content (AvgIpc) is 2.69. The van der Waals surface area contributed by atoms with Crippen LogP contribution in [0.15, 0.2) is 54.6 Å². The van der Waals surface area contributed by atoms with Crippen molar-refractivity contribution < 1.29 is 0 Å². The van der Waals surface area contributed by atoms with Gasteiger partial charge in [0.05, 0.1) is 11.4 Å². The molecule has 4 rings (SSSR count). The van der Waals surface area contributed by atoms with Crippen LogP contribution in [0.4, 0.5) is 11.4 Å². The van der Waals surface area contributed by atoms with E-state index in [0.717, 1.165) is 34.6 Å². The molecular weight excluding hydrogens is 324 g/mol. The van der Waals surface area contributed by atoms with E-state index in [-0.39, 0.29) is 0 Å². The summed E-state index contributed by atoms with van der Waals surface area (Å²) in [5.41, 5.74) is 3.49. The van der Waals surface area contributed by atoms with Gasteiger partial charge in [-0.15, -0.1) is 0 Å². The first-order chi connectivity index (χ1) is 12.3. The largest absolute Gasteiger partial charge is 0.370 e. The molecule has 2 atom stereocenters. The summed E-state index contributed by atoms with van der Waals surface area (Å²) < 4.78 is 0. The van der Waals surface area contributed by atoms with Crippen molar-refractivity contribution in [2.45, 2.75) is 32.1 Å². The Bertz CT molecular complexity index is 728. The Kier molecular flexibility index (Phi) is 5.02. The van der Waals surface area contributed by atoms with Crippen LogP contribution in [0.1, 0.15) is 37.7 Å². The molecule has 0 aromatic heterocycles. The van der Waals surface area contributed by atoms with Crippen LogP contribution in [0.3, 0.4) is 0 Å². The number of anilines is 2. The van der Waals surface area contributed by atoms with E-state index in [0.29, 0.717) is 0 Å². The van der Waals surface area contributed by atoms with Gasteiger partial charge in [0.1, 0.15) is 4.99 Å². The number of rotatable bonds is 3. The number of nitrogens with zero attached hydrogens (tertiary/aromatic N) is 1. The van der Waals surface area contributed by atoms with Gasteiger partial charge in [0.15, 0.2) is 0 Å². The minimum atomic E-state index is 0.792. The molecule has 2 aliphatic rings. The molecule has 0 radical (unpaired) electrons. The minimum absolute atomic E-state index is 0.792. The van der Waals surface area contributed by atoms with Crippen molar-refractivity contribution in [1.29, 1.82) is 0 Å². The molecule has 0 spiro atoms. The maximum absolute atomic E-state index is 5.63. The Morgan fingerprint density at radius 2 is 1.60 bits per heavy atom. The molecule has 2 fully saturated rings. The summed E-state index contributed by atoms with van der Waals surface area (Å²) in [5, 5.41) is 3.49. The standard InChI is InChI=1S/C22H26N2S/c25-22(18-9-2-1-3-10-18)23-20-12-6-7-13-21(20)24-15-14-17-8-4-5-11-19(17)16-24/h1-3,6-7,9-10,12-13,17,19H,4-5,8,11,14-16H2,(H,23,25)/t17-,19-/m1/s1. The summed E-state index contributed by atoms with van der Waals surface area (Å²) >= 11 is 5.63. The van der Waals surface area contributed by atoms with Crippen molar-refractivity contribution in [3.63, 3.8) is 0 Å². The highest BCUT2D eigenvalue weighted by molar-refractivity contribution is 7.81. The minimum Gasteiger partial charge on any atom is -0.370 e. The zero-order chi connectivity index (χ0) is 17.1. The second-order valence-electron chi connectivity index (χ2n) is 7.38. The van der Waals surface area contributed by atoms with Gasteiger partial charge >= 0.3 is 0 Å². The third kappa shape index (κ3) is 3.72. The number of hydrogen-bond acceptors (Lipinski definition) is 2. The van der Waals surface area contributed by atoms with Gasteiger partial charge in [0, 0.05) is 18.7 Å². The van der Waals surface area contributed by atoms with Crippen LogP contribution in [0.5, 0.6) is 0 Å². The maximum Gasteiger partial charge on any atom is 0.111 e. The molecule has 1 saturated heterocycles. The number of benzene rings is 2. The van der Waals surface area contributed by atoms with Crippen LogP contribution >= 0.6 is 12.2 Å². The highest BCUT2D eigenvalue weighted by Crippen LogP contribution is 2.39. The van der Waals surface area contributed by atoms with Gasteiger partial charge in [-0.25, -0.2) is 0 Å². The van der Waals surface area contributed by atoms with Gasteiger partial charge in [-0.05, 0) is 36.8 Å². The highest BCUT2D eigenvalue weighted by atomic mass is 32.1.